The van der Waals surface area contributed by atoms with E-state index in [1.54, 1.807) is 11.0 Å². The van der Waals surface area contributed by atoms with Crippen molar-refractivity contribution in [3.05, 3.63) is 75.4 Å². The fraction of sp³-hybridized carbons (Fsp3) is 0.438. The molecule has 0 aliphatic carbocycles. The molecule has 0 bridgehead atoms. The van der Waals surface area contributed by atoms with Crippen molar-refractivity contribution >= 4 is 47.2 Å². The molecule has 7 heteroatoms. The van der Waals surface area contributed by atoms with E-state index in [2.05, 4.69) is 13.0 Å². The average molecular weight is 578 g/mol. The number of rotatable bonds is 8. The van der Waals surface area contributed by atoms with Crippen LogP contribution in [0.4, 0.5) is 0 Å². The van der Waals surface area contributed by atoms with Crippen LogP contribution in [-0.4, -0.2) is 58.2 Å². The molecule has 216 valence electrons. The summed E-state index contributed by atoms with van der Waals surface area (Å²) in [5.41, 5.74) is 6.31. The molecule has 0 unspecified atom stereocenters. The minimum atomic E-state index is -0.122. The number of hydrogen-bond donors (Lipinski definition) is 1. The van der Waals surface area contributed by atoms with Crippen LogP contribution in [0, 0.1) is 20.8 Å². The van der Waals surface area contributed by atoms with Gasteiger partial charge in [-0.15, -0.1) is 23.2 Å². The maximum Gasteiger partial charge on any atom is 0.257 e. The van der Waals surface area contributed by atoms with Gasteiger partial charge in [-0.2, -0.15) is 0 Å². The Bertz CT molecular complexity index is 1030. The molecule has 0 radical (unpaired) electrons. The highest BCUT2D eigenvalue weighted by Gasteiger charge is 2.19. The number of benzene rings is 2. The summed E-state index contributed by atoms with van der Waals surface area (Å²) in [4.78, 5) is 28.2. The molecule has 2 rings (SSSR count). The third kappa shape index (κ3) is 10.4. The molecule has 0 fully saturated rings. The predicted octanol–water partition coefficient (Wildman–Crippen LogP) is 8.46. The minimum absolute atomic E-state index is 0.0741. The molecule has 0 saturated heterocycles. The van der Waals surface area contributed by atoms with E-state index in [1.807, 2.05) is 96.7 Å². The third-order valence-electron chi connectivity index (χ3n) is 6.40. The zero-order valence-corrected chi connectivity index (χ0v) is 26.6. The van der Waals surface area contributed by atoms with Gasteiger partial charge in [0.2, 0.25) is 0 Å². The Labute approximate surface area is 246 Å². The van der Waals surface area contributed by atoms with Gasteiger partial charge in [0.15, 0.2) is 0 Å². The lowest BCUT2D eigenvalue weighted by Crippen LogP contribution is -2.31. The van der Waals surface area contributed by atoms with Crippen LogP contribution in [0.5, 0.6) is 5.75 Å². The number of carbonyl (C=O) groups is 2. The molecular formula is C32H46Cl2N2O3. The standard InChI is InChI=1S/C16H23NO.C15H21NO2.CH2Cl2/c1-6-9-14-12(4)10-11-15(13(14)5)16(18)17(7-2)8-3;1-5-8-12-11(4)9-10-13(14(12)17)15(18)16(6-2)7-3;2-1-3/h6,9-11H,7-8H2,1-5H3;5,8-10,17H,6-7H2,1-4H3;1H2/b9-6+;8-5+;. The van der Waals surface area contributed by atoms with Gasteiger partial charge in [0.25, 0.3) is 11.8 Å². The van der Waals surface area contributed by atoms with Crippen LogP contribution >= 0.6 is 23.2 Å². The molecule has 5 nitrogen and oxygen atoms in total. The maximum atomic E-state index is 12.4. The van der Waals surface area contributed by atoms with Crippen LogP contribution in [0.1, 0.15) is 90.1 Å². The molecule has 0 aliphatic rings. The molecule has 0 saturated carbocycles. The number of nitrogens with zero attached hydrogens (tertiary/aromatic N) is 2. The van der Waals surface area contributed by atoms with E-state index < -0.39 is 0 Å². The van der Waals surface area contributed by atoms with Gasteiger partial charge in [0.1, 0.15) is 5.75 Å². The van der Waals surface area contributed by atoms with Gasteiger partial charge in [-0.3, -0.25) is 9.59 Å². The summed E-state index contributed by atoms with van der Waals surface area (Å²) in [6.07, 6.45) is 7.77. The number of phenols is 1. The number of alkyl halides is 2. The van der Waals surface area contributed by atoms with Crippen molar-refractivity contribution in [2.24, 2.45) is 0 Å². The van der Waals surface area contributed by atoms with Crippen molar-refractivity contribution in [3.63, 3.8) is 0 Å². The Morgan fingerprint density at radius 3 is 1.49 bits per heavy atom. The van der Waals surface area contributed by atoms with Crippen molar-refractivity contribution in [2.45, 2.75) is 62.3 Å². The summed E-state index contributed by atoms with van der Waals surface area (Å²) >= 11 is 9.53. The number of carbonyl (C=O) groups excluding carboxylic acids is 2. The molecule has 0 heterocycles. The molecule has 2 aromatic rings. The molecule has 1 N–H and O–H groups in total. The number of allylic oxidation sites excluding steroid dienone is 2. The van der Waals surface area contributed by atoms with Crippen LogP contribution in [0.3, 0.4) is 0 Å². The van der Waals surface area contributed by atoms with Crippen molar-refractivity contribution in [3.8, 4) is 5.75 Å². The Hall–Kier alpha value is -2.76. The molecule has 0 spiro atoms. The zero-order valence-electron chi connectivity index (χ0n) is 25.1. The van der Waals surface area contributed by atoms with Gasteiger partial charge in [-0.25, -0.2) is 0 Å². The number of hydrogen-bond acceptors (Lipinski definition) is 3. The third-order valence-corrected chi connectivity index (χ3v) is 6.40. The van der Waals surface area contributed by atoms with Gasteiger partial charge in [-0.1, -0.05) is 36.4 Å². The number of halogens is 2. The van der Waals surface area contributed by atoms with Crippen LogP contribution < -0.4 is 0 Å². The quantitative estimate of drug-likeness (QED) is 0.320. The average Bonchev–Trinajstić information content (AvgIpc) is 2.91. The number of phenolic OH excluding ortho intramolecular Hbond substituents is 1. The SMILES string of the molecule is C/C=C/c1c(C)ccc(C(=O)N(CC)CC)c1C.C/C=C/c1c(C)ccc(C(=O)N(CC)CC)c1O.ClCCl. The Morgan fingerprint density at radius 2 is 1.08 bits per heavy atom. The first-order chi connectivity index (χ1) is 18.5. The highest BCUT2D eigenvalue weighted by Crippen LogP contribution is 2.28. The molecule has 39 heavy (non-hydrogen) atoms. The van der Waals surface area contributed by atoms with Crippen molar-refractivity contribution in [1.29, 1.82) is 0 Å². The van der Waals surface area contributed by atoms with Crippen LogP contribution in [-0.2, 0) is 0 Å². The highest BCUT2D eigenvalue weighted by atomic mass is 35.5. The smallest absolute Gasteiger partial charge is 0.257 e. The van der Waals surface area contributed by atoms with Gasteiger partial charge in [-0.05, 0) is 96.7 Å². The lowest BCUT2D eigenvalue weighted by Gasteiger charge is -2.21. The van der Waals surface area contributed by atoms with Crippen molar-refractivity contribution in [1.82, 2.24) is 9.80 Å². The number of aryl methyl sites for hydroxylation is 2. The zero-order chi connectivity index (χ0) is 30.1. The second-order valence-corrected chi connectivity index (χ2v) is 9.53. The van der Waals surface area contributed by atoms with Crippen molar-refractivity contribution in [2.75, 3.05) is 31.5 Å². The monoisotopic (exact) mass is 576 g/mol. The van der Waals surface area contributed by atoms with E-state index in [0.717, 1.165) is 40.9 Å². The van der Waals surface area contributed by atoms with Crippen molar-refractivity contribution < 1.29 is 14.7 Å². The summed E-state index contributed by atoms with van der Waals surface area (Å²) < 4.78 is 0. The summed E-state index contributed by atoms with van der Waals surface area (Å²) in [6.45, 7) is 20.6. The Kier molecular flexibility index (Phi) is 18.0. The van der Waals surface area contributed by atoms with Gasteiger partial charge in [0, 0.05) is 37.3 Å². The first-order valence-corrected chi connectivity index (χ1v) is 14.5. The van der Waals surface area contributed by atoms with E-state index >= 15 is 0 Å². The molecular weight excluding hydrogens is 531 g/mol. The van der Waals surface area contributed by atoms with Crippen LogP contribution in [0.15, 0.2) is 36.4 Å². The second-order valence-electron chi connectivity index (χ2n) is 8.72. The van der Waals surface area contributed by atoms with Gasteiger partial charge < -0.3 is 14.9 Å². The molecule has 2 aromatic carbocycles. The highest BCUT2D eigenvalue weighted by molar-refractivity contribution is 6.40. The molecule has 0 atom stereocenters. The van der Waals surface area contributed by atoms with E-state index in [9.17, 15) is 14.7 Å². The first kappa shape index (κ1) is 36.2. The van der Waals surface area contributed by atoms with E-state index in [1.165, 1.54) is 5.56 Å². The fourth-order valence-electron chi connectivity index (χ4n) is 4.14. The van der Waals surface area contributed by atoms with E-state index in [-0.39, 0.29) is 22.9 Å². The van der Waals surface area contributed by atoms with E-state index in [0.29, 0.717) is 18.7 Å². The molecule has 0 aromatic heterocycles. The number of aromatic hydroxyl groups is 1. The van der Waals surface area contributed by atoms with Gasteiger partial charge in [0.05, 0.1) is 10.9 Å². The number of amides is 2. The second kappa shape index (κ2) is 19.3. The summed E-state index contributed by atoms with van der Waals surface area (Å²) in [7, 11) is 0. The fourth-order valence-corrected chi connectivity index (χ4v) is 4.14. The molecule has 0 aliphatic heterocycles. The van der Waals surface area contributed by atoms with Crippen LogP contribution in [0.25, 0.3) is 12.2 Å². The van der Waals surface area contributed by atoms with Gasteiger partial charge >= 0.3 is 0 Å². The van der Waals surface area contributed by atoms with Crippen LogP contribution in [0.2, 0.25) is 0 Å². The lowest BCUT2D eigenvalue weighted by molar-refractivity contribution is 0.0763. The largest absolute Gasteiger partial charge is 0.506 e. The first-order valence-electron chi connectivity index (χ1n) is 13.4. The summed E-state index contributed by atoms with van der Waals surface area (Å²) in [6, 6.07) is 7.53. The lowest BCUT2D eigenvalue weighted by atomic mass is 9.96. The summed E-state index contributed by atoms with van der Waals surface area (Å²) in [5.74, 6) is 0.0801. The van der Waals surface area contributed by atoms with E-state index in [4.69, 9.17) is 23.2 Å². The maximum absolute atomic E-state index is 12.4. The Morgan fingerprint density at radius 1 is 0.718 bits per heavy atom. The Balaban J connectivity index is 0.000000673. The molecule has 2 amide bonds. The minimum Gasteiger partial charge on any atom is -0.506 e. The normalized spacial score (nSPS) is 10.5. The summed E-state index contributed by atoms with van der Waals surface area (Å²) in [5, 5.41) is 10.4. The predicted molar refractivity (Wildman–Crippen MR) is 169 cm³/mol. The topological polar surface area (TPSA) is 60.9 Å².